The van der Waals surface area contributed by atoms with E-state index in [0.717, 1.165) is 6.29 Å². The zero-order valence-electron chi connectivity index (χ0n) is 11.9. The first-order valence-corrected chi connectivity index (χ1v) is 6.47. The van der Waals surface area contributed by atoms with Crippen molar-refractivity contribution in [2.75, 3.05) is 11.9 Å². The molecular formula is C15H21NO3. The molecule has 0 heterocycles. The number of carbonyl (C=O) groups excluding carboxylic acids is 2. The SMILES string of the molecule is CC(C)COc1ccc(C=O)cc1NC(=O)C(C)C. The molecular weight excluding hydrogens is 242 g/mol. The first kappa shape index (κ1) is 15.2. The van der Waals surface area contributed by atoms with Crippen molar-refractivity contribution < 1.29 is 14.3 Å². The van der Waals surface area contributed by atoms with Crippen LogP contribution in [0, 0.1) is 11.8 Å². The van der Waals surface area contributed by atoms with Gasteiger partial charge in [0.2, 0.25) is 5.91 Å². The van der Waals surface area contributed by atoms with E-state index in [0.29, 0.717) is 29.5 Å². The standard InChI is InChI=1S/C15H21NO3/c1-10(2)9-19-14-6-5-12(8-17)7-13(14)16-15(18)11(3)4/h5-8,10-11H,9H2,1-4H3,(H,16,18). The molecule has 19 heavy (non-hydrogen) atoms. The highest BCUT2D eigenvalue weighted by Crippen LogP contribution is 2.26. The van der Waals surface area contributed by atoms with Crippen LogP contribution in [0.2, 0.25) is 0 Å². The second-order valence-electron chi connectivity index (χ2n) is 5.22. The Morgan fingerprint density at radius 2 is 2.00 bits per heavy atom. The fourth-order valence-corrected chi connectivity index (χ4v) is 1.38. The number of carbonyl (C=O) groups is 2. The molecule has 0 aromatic heterocycles. The first-order valence-electron chi connectivity index (χ1n) is 6.47. The van der Waals surface area contributed by atoms with Gasteiger partial charge in [0.25, 0.3) is 0 Å². The summed E-state index contributed by atoms with van der Waals surface area (Å²) in [6.07, 6.45) is 0.747. The third kappa shape index (κ3) is 4.73. The molecule has 0 unspecified atom stereocenters. The number of nitrogens with one attached hydrogen (secondary N) is 1. The third-order valence-corrected chi connectivity index (χ3v) is 2.49. The highest BCUT2D eigenvalue weighted by molar-refractivity contribution is 5.94. The molecule has 0 radical (unpaired) electrons. The molecule has 1 N–H and O–H groups in total. The van der Waals surface area contributed by atoms with Gasteiger partial charge in [-0.3, -0.25) is 9.59 Å². The number of hydrogen-bond acceptors (Lipinski definition) is 3. The van der Waals surface area contributed by atoms with E-state index < -0.39 is 0 Å². The van der Waals surface area contributed by atoms with Crippen LogP contribution >= 0.6 is 0 Å². The lowest BCUT2D eigenvalue weighted by molar-refractivity contribution is -0.118. The van der Waals surface area contributed by atoms with Crippen molar-refractivity contribution in [3.63, 3.8) is 0 Å². The summed E-state index contributed by atoms with van der Waals surface area (Å²) in [6.45, 7) is 8.28. The highest BCUT2D eigenvalue weighted by atomic mass is 16.5. The molecule has 0 aliphatic carbocycles. The topological polar surface area (TPSA) is 55.4 Å². The first-order chi connectivity index (χ1) is 8.93. The Morgan fingerprint density at radius 1 is 1.32 bits per heavy atom. The van der Waals surface area contributed by atoms with Crippen molar-refractivity contribution in [3.8, 4) is 5.75 Å². The molecule has 0 bridgehead atoms. The van der Waals surface area contributed by atoms with Gasteiger partial charge in [-0.1, -0.05) is 27.7 Å². The molecule has 4 nitrogen and oxygen atoms in total. The second kappa shape index (κ2) is 6.92. The highest BCUT2D eigenvalue weighted by Gasteiger charge is 2.12. The van der Waals surface area contributed by atoms with E-state index in [2.05, 4.69) is 5.32 Å². The lowest BCUT2D eigenvalue weighted by Crippen LogP contribution is -2.19. The van der Waals surface area contributed by atoms with E-state index in [1.165, 1.54) is 0 Å². The van der Waals surface area contributed by atoms with E-state index in [1.54, 1.807) is 18.2 Å². The van der Waals surface area contributed by atoms with Crippen LogP contribution in [0.15, 0.2) is 18.2 Å². The van der Waals surface area contributed by atoms with Crippen LogP contribution in [-0.2, 0) is 4.79 Å². The van der Waals surface area contributed by atoms with Gasteiger partial charge in [-0.2, -0.15) is 0 Å². The number of benzene rings is 1. The quantitative estimate of drug-likeness (QED) is 0.802. The Labute approximate surface area is 114 Å². The van der Waals surface area contributed by atoms with Gasteiger partial charge in [0, 0.05) is 11.5 Å². The Hall–Kier alpha value is -1.84. The monoisotopic (exact) mass is 263 g/mol. The zero-order chi connectivity index (χ0) is 14.4. The van der Waals surface area contributed by atoms with E-state index in [1.807, 2.05) is 27.7 Å². The smallest absolute Gasteiger partial charge is 0.227 e. The van der Waals surface area contributed by atoms with Crippen LogP contribution in [-0.4, -0.2) is 18.8 Å². The Kier molecular flexibility index (Phi) is 5.55. The van der Waals surface area contributed by atoms with Gasteiger partial charge in [-0.05, 0) is 24.1 Å². The predicted molar refractivity (Wildman–Crippen MR) is 75.6 cm³/mol. The van der Waals surface area contributed by atoms with Crippen molar-refractivity contribution in [2.45, 2.75) is 27.7 Å². The lowest BCUT2D eigenvalue weighted by atomic mass is 10.1. The molecule has 1 aromatic carbocycles. The average molecular weight is 263 g/mol. The lowest BCUT2D eigenvalue weighted by Gasteiger charge is -2.15. The number of amides is 1. The van der Waals surface area contributed by atoms with Crippen LogP contribution in [0.3, 0.4) is 0 Å². The number of rotatable bonds is 6. The molecule has 0 saturated carbocycles. The summed E-state index contributed by atoms with van der Waals surface area (Å²) < 4.78 is 5.65. The molecule has 0 fully saturated rings. The molecule has 0 spiro atoms. The summed E-state index contributed by atoms with van der Waals surface area (Å²) in [5, 5.41) is 2.79. The Bertz CT molecular complexity index is 453. The van der Waals surface area contributed by atoms with Crippen molar-refractivity contribution in [1.29, 1.82) is 0 Å². The number of hydrogen-bond donors (Lipinski definition) is 1. The van der Waals surface area contributed by atoms with E-state index >= 15 is 0 Å². The summed E-state index contributed by atoms with van der Waals surface area (Å²) >= 11 is 0. The van der Waals surface area contributed by atoms with Gasteiger partial charge in [0.05, 0.1) is 12.3 Å². The molecule has 0 aliphatic heterocycles. The Morgan fingerprint density at radius 3 is 2.53 bits per heavy atom. The van der Waals surface area contributed by atoms with Crippen LogP contribution in [0.4, 0.5) is 5.69 Å². The minimum absolute atomic E-state index is 0.0996. The summed E-state index contributed by atoms with van der Waals surface area (Å²) in [7, 11) is 0. The maximum absolute atomic E-state index is 11.7. The zero-order valence-corrected chi connectivity index (χ0v) is 11.9. The largest absolute Gasteiger partial charge is 0.491 e. The predicted octanol–water partition coefficient (Wildman–Crippen LogP) is 3.13. The van der Waals surface area contributed by atoms with Gasteiger partial charge >= 0.3 is 0 Å². The molecule has 1 rings (SSSR count). The number of anilines is 1. The van der Waals surface area contributed by atoms with Crippen molar-refractivity contribution in [2.24, 2.45) is 11.8 Å². The summed E-state index contributed by atoms with van der Waals surface area (Å²) in [6, 6.07) is 5.01. The van der Waals surface area contributed by atoms with E-state index in [9.17, 15) is 9.59 Å². The van der Waals surface area contributed by atoms with Gasteiger partial charge in [0.1, 0.15) is 12.0 Å². The van der Waals surface area contributed by atoms with Crippen LogP contribution in [0.1, 0.15) is 38.1 Å². The molecule has 1 aromatic rings. The van der Waals surface area contributed by atoms with Gasteiger partial charge < -0.3 is 10.1 Å². The maximum Gasteiger partial charge on any atom is 0.227 e. The molecule has 0 saturated heterocycles. The van der Waals surface area contributed by atoms with Gasteiger partial charge in [-0.25, -0.2) is 0 Å². The summed E-state index contributed by atoms with van der Waals surface area (Å²) in [5.41, 5.74) is 1.06. The second-order valence-corrected chi connectivity index (χ2v) is 5.22. The third-order valence-electron chi connectivity index (χ3n) is 2.49. The van der Waals surface area contributed by atoms with Crippen LogP contribution in [0.25, 0.3) is 0 Å². The van der Waals surface area contributed by atoms with Crippen molar-refractivity contribution >= 4 is 17.9 Å². The fraction of sp³-hybridized carbons (Fsp3) is 0.467. The van der Waals surface area contributed by atoms with Crippen molar-refractivity contribution in [1.82, 2.24) is 0 Å². The molecule has 104 valence electrons. The average Bonchev–Trinajstić information content (AvgIpc) is 2.36. The fourth-order valence-electron chi connectivity index (χ4n) is 1.38. The number of aldehydes is 1. The van der Waals surface area contributed by atoms with Gasteiger partial charge in [0.15, 0.2) is 0 Å². The molecule has 4 heteroatoms. The Balaban J connectivity index is 2.95. The maximum atomic E-state index is 11.7. The van der Waals surface area contributed by atoms with Crippen LogP contribution in [0.5, 0.6) is 5.75 Å². The van der Waals surface area contributed by atoms with E-state index in [4.69, 9.17) is 4.74 Å². The van der Waals surface area contributed by atoms with Crippen LogP contribution < -0.4 is 10.1 Å². The normalized spacial score (nSPS) is 10.6. The van der Waals surface area contributed by atoms with Gasteiger partial charge in [-0.15, -0.1) is 0 Å². The number of ether oxygens (including phenoxy) is 1. The molecule has 0 aliphatic rings. The molecule has 0 atom stereocenters. The summed E-state index contributed by atoms with van der Waals surface area (Å²) in [5.74, 6) is 0.753. The minimum atomic E-state index is -0.127. The molecule has 1 amide bonds. The van der Waals surface area contributed by atoms with Crippen molar-refractivity contribution in [3.05, 3.63) is 23.8 Å². The van der Waals surface area contributed by atoms with E-state index in [-0.39, 0.29) is 11.8 Å². The summed E-state index contributed by atoms with van der Waals surface area (Å²) in [4.78, 5) is 22.5. The minimum Gasteiger partial charge on any atom is -0.491 e.